The second-order valence-electron chi connectivity index (χ2n) is 7.55. The second kappa shape index (κ2) is 9.15. The Bertz CT molecular complexity index is 872. The fraction of sp³-hybridized carbons (Fsp3) is 0.409. The number of benzene rings is 1. The van der Waals surface area contributed by atoms with Gasteiger partial charge in [-0.25, -0.2) is 4.98 Å². The fourth-order valence-electron chi connectivity index (χ4n) is 3.51. The van der Waals surface area contributed by atoms with E-state index in [4.69, 9.17) is 0 Å². The van der Waals surface area contributed by atoms with Crippen molar-refractivity contribution >= 4 is 41.1 Å². The van der Waals surface area contributed by atoms with Crippen LogP contribution in [0.25, 0.3) is 12.2 Å². The number of rotatable bonds is 6. The van der Waals surface area contributed by atoms with Crippen molar-refractivity contribution in [1.29, 1.82) is 0 Å². The maximum atomic E-state index is 12.6. The van der Waals surface area contributed by atoms with Gasteiger partial charge in [-0.05, 0) is 42.5 Å². The summed E-state index contributed by atoms with van der Waals surface area (Å²) >= 11 is 1.61. The predicted octanol–water partition coefficient (Wildman–Crippen LogP) is 5.27. The molecule has 1 aromatic heterocycles. The van der Waals surface area contributed by atoms with Gasteiger partial charge in [0.05, 0.1) is 17.5 Å². The zero-order valence-corrected chi connectivity index (χ0v) is 17.0. The van der Waals surface area contributed by atoms with E-state index in [1.54, 1.807) is 11.3 Å². The first kappa shape index (κ1) is 20.3. The van der Waals surface area contributed by atoms with E-state index >= 15 is 0 Å². The van der Waals surface area contributed by atoms with Crippen molar-refractivity contribution in [3.05, 3.63) is 45.9 Å². The Hall–Kier alpha value is -2.47. The highest BCUT2D eigenvalue weighted by Crippen LogP contribution is 2.31. The molecular formula is C22H26N2O3S. The highest BCUT2D eigenvalue weighted by Gasteiger charge is 2.35. The minimum Gasteiger partial charge on any atom is -0.481 e. The zero-order valence-electron chi connectivity index (χ0n) is 16.2. The number of carbonyl (C=O) groups is 2. The number of amides is 1. The lowest BCUT2D eigenvalue weighted by atomic mass is 9.78. The average Bonchev–Trinajstić information content (AvgIpc) is 3.16. The van der Waals surface area contributed by atoms with E-state index < -0.39 is 17.8 Å². The third-order valence-corrected chi connectivity index (χ3v) is 5.95. The molecule has 1 heterocycles. The van der Waals surface area contributed by atoms with Crippen LogP contribution in [0.15, 0.2) is 29.6 Å². The standard InChI is InChI=1S/C22H26N2O3S/c1-14(2)19-13-28-20(24-19)11-10-15-6-5-7-16(12-15)23-21(25)17-8-3-4-9-18(17)22(26)27/h5-7,10-14,17-18H,3-4,8-9H2,1-2H3,(H,23,25)(H,26,27)/t17-,18+/m1/s1. The van der Waals surface area contributed by atoms with Gasteiger partial charge in [0.25, 0.3) is 0 Å². The number of aromatic nitrogens is 1. The average molecular weight is 399 g/mol. The van der Waals surface area contributed by atoms with Crippen LogP contribution >= 0.6 is 11.3 Å². The highest BCUT2D eigenvalue weighted by molar-refractivity contribution is 7.10. The number of hydrogen-bond donors (Lipinski definition) is 2. The van der Waals surface area contributed by atoms with Crippen LogP contribution in [0.2, 0.25) is 0 Å². The molecule has 3 rings (SSSR count). The van der Waals surface area contributed by atoms with Crippen LogP contribution in [0.4, 0.5) is 5.69 Å². The Morgan fingerprint density at radius 1 is 1.21 bits per heavy atom. The SMILES string of the molecule is CC(C)c1csc(C=Cc2cccc(NC(=O)[C@@H]3CCCC[C@@H]3C(=O)O)c2)n1. The van der Waals surface area contributed by atoms with Gasteiger partial charge in [0.1, 0.15) is 5.01 Å². The molecule has 0 saturated heterocycles. The molecule has 2 atom stereocenters. The Kier molecular flexibility index (Phi) is 6.62. The van der Waals surface area contributed by atoms with Gasteiger partial charge in [0.15, 0.2) is 0 Å². The number of nitrogens with zero attached hydrogens (tertiary/aromatic N) is 1. The van der Waals surface area contributed by atoms with Crippen LogP contribution in [0.5, 0.6) is 0 Å². The first-order valence-corrected chi connectivity index (χ1v) is 10.6. The van der Waals surface area contributed by atoms with Gasteiger partial charge >= 0.3 is 5.97 Å². The van der Waals surface area contributed by atoms with Crippen molar-refractivity contribution in [2.75, 3.05) is 5.32 Å². The molecule has 1 fully saturated rings. The Morgan fingerprint density at radius 3 is 2.64 bits per heavy atom. The summed E-state index contributed by atoms with van der Waals surface area (Å²) in [6.45, 7) is 4.24. The molecule has 0 unspecified atom stereocenters. The second-order valence-corrected chi connectivity index (χ2v) is 8.44. The first-order chi connectivity index (χ1) is 13.4. The van der Waals surface area contributed by atoms with E-state index in [1.807, 2.05) is 36.4 Å². The van der Waals surface area contributed by atoms with E-state index in [9.17, 15) is 14.7 Å². The van der Waals surface area contributed by atoms with Gasteiger partial charge in [-0.2, -0.15) is 0 Å². The summed E-state index contributed by atoms with van der Waals surface area (Å²) in [5.74, 6) is -1.71. The molecule has 1 aromatic carbocycles. The van der Waals surface area contributed by atoms with Crippen molar-refractivity contribution in [3.8, 4) is 0 Å². The van der Waals surface area contributed by atoms with Crippen LogP contribution in [-0.2, 0) is 9.59 Å². The molecule has 28 heavy (non-hydrogen) atoms. The van der Waals surface area contributed by atoms with Crippen molar-refractivity contribution in [1.82, 2.24) is 4.98 Å². The summed E-state index contributed by atoms with van der Waals surface area (Å²) in [6.07, 6.45) is 6.92. The van der Waals surface area contributed by atoms with Crippen molar-refractivity contribution in [2.24, 2.45) is 11.8 Å². The first-order valence-electron chi connectivity index (χ1n) is 9.71. The van der Waals surface area contributed by atoms with Crippen molar-refractivity contribution < 1.29 is 14.7 Å². The molecule has 0 aliphatic heterocycles. The molecule has 6 heteroatoms. The third kappa shape index (κ3) is 5.07. The van der Waals surface area contributed by atoms with Gasteiger partial charge in [-0.15, -0.1) is 11.3 Å². The summed E-state index contributed by atoms with van der Waals surface area (Å²) in [7, 11) is 0. The van der Waals surface area contributed by atoms with Crippen LogP contribution in [-0.4, -0.2) is 22.0 Å². The molecule has 1 amide bonds. The zero-order chi connectivity index (χ0) is 20.1. The van der Waals surface area contributed by atoms with Gasteiger partial charge < -0.3 is 10.4 Å². The normalized spacial score (nSPS) is 19.8. The summed E-state index contributed by atoms with van der Waals surface area (Å²) in [5, 5.41) is 15.3. The summed E-state index contributed by atoms with van der Waals surface area (Å²) in [5.41, 5.74) is 2.73. The number of aliphatic carboxylic acids is 1. The van der Waals surface area contributed by atoms with Crippen molar-refractivity contribution in [2.45, 2.75) is 45.4 Å². The predicted molar refractivity (Wildman–Crippen MR) is 113 cm³/mol. The number of carbonyl (C=O) groups excluding carboxylic acids is 1. The van der Waals surface area contributed by atoms with Gasteiger partial charge in [0.2, 0.25) is 5.91 Å². The van der Waals surface area contributed by atoms with Crippen LogP contribution in [0.3, 0.4) is 0 Å². The molecule has 1 aliphatic carbocycles. The Morgan fingerprint density at radius 2 is 1.96 bits per heavy atom. The van der Waals surface area contributed by atoms with Crippen LogP contribution in [0.1, 0.15) is 61.7 Å². The number of thiazole rings is 1. The lowest BCUT2D eigenvalue weighted by molar-refractivity contribution is -0.147. The molecule has 1 aliphatic rings. The molecule has 148 valence electrons. The third-order valence-electron chi connectivity index (χ3n) is 5.12. The molecule has 5 nitrogen and oxygen atoms in total. The number of carboxylic acid groups (broad SMARTS) is 1. The number of nitrogens with one attached hydrogen (secondary N) is 1. The molecule has 0 spiro atoms. The minimum absolute atomic E-state index is 0.199. The number of hydrogen-bond acceptors (Lipinski definition) is 4. The molecule has 0 bridgehead atoms. The summed E-state index contributed by atoms with van der Waals surface area (Å²) in [6, 6.07) is 7.56. The molecular weight excluding hydrogens is 372 g/mol. The summed E-state index contributed by atoms with van der Waals surface area (Å²) < 4.78 is 0. The number of carboxylic acids is 1. The summed E-state index contributed by atoms with van der Waals surface area (Å²) in [4.78, 5) is 28.7. The van der Waals surface area contributed by atoms with E-state index in [1.165, 1.54) is 0 Å². The maximum Gasteiger partial charge on any atom is 0.307 e. The van der Waals surface area contributed by atoms with Gasteiger partial charge in [-0.1, -0.05) is 44.9 Å². The van der Waals surface area contributed by atoms with Gasteiger partial charge in [0, 0.05) is 11.1 Å². The quantitative estimate of drug-likeness (QED) is 0.695. The Balaban J connectivity index is 1.67. The lowest BCUT2D eigenvalue weighted by Crippen LogP contribution is -2.36. The van der Waals surface area contributed by atoms with Crippen LogP contribution < -0.4 is 5.32 Å². The van der Waals surface area contributed by atoms with E-state index in [2.05, 4.69) is 29.5 Å². The van der Waals surface area contributed by atoms with Crippen molar-refractivity contribution in [3.63, 3.8) is 0 Å². The van der Waals surface area contributed by atoms with Crippen LogP contribution in [0, 0.1) is 11.8 Å². The van der Waals surface area contributed by atoms with E-state index in [0.717, 1.165) is 29.1 Å². The molecule has 0 radical (unpaired) electrons. The lowest BCUT2D eigenvalue weighted by Gasteiger charge is -2.27. The highest BCUT2D eigenvalue weighted by atomic mass is 32.1. The fourth-order valence-corrected chi connectivity index (χ4v) is 4.38. The molecule has 2 aromatic rings. The smallest absolute Gasteiger partial charge is 0.307 e. The van der Waals surface area contributed by atoms with Gasteiger partial charge in [-0.3, -0.25) is 9.59 Å². The Labute approximate surface area is 169 Å². The number of anilines is 1. The molecule has 2 N–H and O–H groups in total. The topological polar surface area (TPSA) is 79.3 Å². The largest absolute Gasteiger partial charge is 0.481 e. The molecule has 1 saturated carbocycles. The maximum absolute atomic E-state index is 12.6. The van der Waals surface area contributed by atoms with E-state index in [-0.39, 0.29) is 5.91 Å². The van der Waals surface area contributed by atoms with E-state index in [0.29, 0.717) is 24.4 Å². The monoisotopic (exact) mass is 398 g/mol. The minimum atomic E-state index is -0.874.